The summed E-state index contributed by atoms with van der Waals surface area (Å²) in [7, 11) is -4.37. The zero-order chi connectivity index (χ0) is 22.1. The number of nitrogens with zero attached hydrogens (tertiary/aromatic N) is 2. The van der Waals surface area contributed by atoms with Gasteiger partial charge in [0.25, 0.3) is 5.91 Å². The molecule has 0 saturated carbocycles. The van der Waals surface area contributed by atoms with Crippen LogP contribution in [0.25, 0.3) is 0 Å². The molecule has 2 aromatic carbocycles. The highest BCUT2D eigenvalue weighted by atomic mass is 32.2. The van der Waals surface area contributed by atoms with Gasteiger partial charge in [-0.25, -0.2) is 21.6 Å². The zero-order valence-corrected chi connectivity index (χ0v) is 17.3. The molecule has 0 unspecified atom stereocenters. The number of halogens is 3. The van der Waals surface area contributed by atoms with E-state index in [1.807, 2.05) is 19.1 Å². The molecule has 0 bridgehead atoms. The molecule has 2 aromatic rings. The number of benzene rings is 2. The molecule has 0 spiro atoms. The van der Waals surface area contributed by atoms with Crippen molar-refractivity contribution in [1.29, 1.82) is 0 Å². The van der Waals surface area contributed by atoms with E-state index in [0.717, 1.165) is 9.87 Å². The Labute approximate surface area is 172 Å². The molecule has 0 aliphatic carbocycles. The van der Waals surface area contributed by atoms with Crippen molar-refractivity contribution in [3.63, 3.8) is 0 Å². The Hall–Kier alpha value is -2.59. The van der Waals surface area contributed by atoms with Crippen LogP contribution >= 0.6 is 0 Å². The minimum absolute atomic E-state index is 0.0605. The predicted molar refractivity (Wildman–Crippen MR) is 103 cm³/mol. The largest absolute Gasteiger partial charge is 0.481 e. The van der Waals surface area contributed by atoms with Gasteiger partial charge in [0.1, 0.15) is 10.6 Å². The Morgan fingerprint density at radius 2 is 1.57 bits per heavy atom. The van der Waals surface area contributed by atoms with Crippen molar-refractivity contribution in [3.05, 3.63) is 59.4 Å². The SMILES string of the molecule is Cc1ccc(O[C@@H](C)C(=O)N2CCN(S(=O)(=O)c3ccc(F)c(F)c3F)CC2)cc1. The van der Waals surface area contributed by atoms with E-state index in [-0.39, 0.29) is 32.1 Å². The summed E-state index contributed by atoms with van der Waals surface area (Å²) in [6, 6.07) is 8.47. The number of carbonyl (C=O) groups excluding carboxylic acids is 1. The van der Waals surface area contributed by atoms with E-state index in [2.05, 4.69) is 0 Å². The molecular formula is C20H21F3N2O4S. The summed E-state index contributed by atoms with van der Waals surface area (Å²) in [4.78, 5) is 13.1. The summed E-state index contributed by atoms with van der Waals surface area (Å²) in [5, 5.41) is 0. The highest BCUT2D eigenvalue weighted by molar-refractivity contribution is 7.89. The fourth-order valence-electron chi connectivity index (χ4n) is 3.12. The molecule has 1 heterocycles. The van der Waals surface area contributed by atoms with Gasteiger partial charge < -0.3 is 9.64 Å². The standard InChI is InChI=1S/C20H21F3N2O4S/c1-13-3-5-15(6-4-13)29-14(2)20(26)24-9-11-25(12-10-24)30(27,28)17-8-7-16(21)18(22)19(17)23/h3-8,14H,9-12H2,1-2H3/t14-/m0/s1. The molecule has 10 heteroatoms. The Bertz CT molecular complexity index is 1040. The highest BCUT2D eigenvalue weighted by Crippen LogP contribution is 2.24. The van der Waals surface area contributed by atoms with Crippen LogP contribution in [0.5, 0.6) is 5.75 Å². The van der Waals surface area contributed by atoms with E-state index >= 15 is 0 Å². The van der Waals surface area contributed by atoms with Crippen molar-refractivity contribution in [2.75, 3.05) is 26.2 Å². The van der Waals surface area contributed by atoms with Gasteiger partial charge in [0.2, 0.25) is 10.0 Å². The minimum atomic E-state index is -4.37. The Morgan fingerprint density at radius 1 is 0.967 bits per heavy atom. The summed E-state index contributed by atoms with van der Waals surface area (Å²) >= 11 is 0. The molecule has 0 aromatic heterocycles. The topological polar surface area (TPSA) is 66.9 Å². The first-order chi connectivity index (χ1) is 14.1. The van der Waals surface area contributed by atoms with Crippen LogP contribution in [0.3, 0.4) is 0 Å². The van der Waals surface area contributed by atoms with Gasteiger partial charge in [0, 0.05) is 26.2 Å². The molecule has 1 amide bonds. The third-order valence-electron chi connectivity index (χ3n) is 4.85. The quantitative estimate of drug-likeness (QED) is 0.668. The number of sulfonamides is 1. The Balaban J connectivity index is 1.64. The fourth-order valence-corrected chi connectivity index (χ4v) is 4.60. The van der Waals surface area contributed by atoms with Crippen molar-refractivity contribution >= 4 is 15.9 Å². The molecule has 30 heavy (non-hydrogen) atoms. The molecule has 0 N–H and O–H groups in total. The van der Waals surface area contributed by atoms with Crippen molar-refractivity contribution in [3.8, 4) is 5.75 Å². The molecule has 0 radical (unpaired) electrons. The fraction of sp³-hybridized carbons (Fsp3) is 0.350. The molecule has 1 aliphatic heterocycles. The summed E-state index contributed by atoms with van der Waals surface area (Å²) in [5.74, 6) is -4.84. The second kappa shape index (κ2) is 8.65. The van der Waals surface area contributed by atoms with Gasteiger partial charge >= 0.3 is 0 Å². The van der Waals surface area contributed by atoms with Crippen LogP contribution in [0.1, 0.15) is 12.5 Å². The molecule has 3 rings (SSSR count). The normalized spacial score (nSPS) is 16.4. The lowest BCUT2D eigenvalue weighted by atomic mass is 10.2. The summed E-state index contributed by atoms with van der Waals surface area (Å²) in [5.41, 5.74) is 1.05. The number of piperazine rings is 1. The number of aryl methyl sites for hydroxylation is 1. The van der Waals surface area contributed by atoms with Gasteiger partial charge in [0.15, 0.2) is 23.6 Å². The lowest BCUT2D eigenvalue weighted by Crippen LogP contribution is -2.53. The van der Waals surface area contributed by atoms with Gasteiger partial charge in [-0.2, -0.15) is 4.31 Å². The maximum Gasteiger partial charge on any atom is 0.263 e. The number of carbonyl (C=O) groups is 1. The number of amides is 1. The predicted octanol–water partition coefficient (Wildman–Crippen LogP) is 2.71. The monoisotopic (exact) mass is 442 g/mol. The average molecular weight is 442 g/mol. The van der Waals surface area contributed by atoms with Crippen LogP contribution in [0.4, 0.5) is 13.2 Å². The maximum atomic E-state index is 14.0. The van der Waals surface area contributed by atoms with E-state index in [4.69, 9.17) is 4.74 Å². The minimum Gasteiger partial charge on any atom is -0.481 e. The number of rotatable bonds is 5. The highest BCUT2D eigenvalue weighted by Gasteiger charge is 2.34. The van der Waals surface area contributed by atoms with Crippen molar-refractivity contribution in [2.45, 2.75) is 24.8 Å². The van der Waals surface area contributed by atoms with E-state index < -0.39 is 38.5 Å². The molecule has 6 nitrogen and oxygen atoms in total. The number of ether oxygens (including phenoxy) is 1. The molecule has 1 aliphatic rings. The van der Waals surface area contributed by atoms with Gasteiger partial charge in [0.05, 0.1) is 0 Å². The zero-order valence-electron chi connectivity index (χ0n) is 16.4. The molecular weight excluding hydrogens is 421 g/mol. The van der Waals surface area contributed by atoms with Gasteiger partial charge in [-0.15, -0.1) is 0 Å². The van der Waals surface area contributed by atoms with Crippen molar-refractivity contribution in [2.24, 2.45) is 0 Å². The lowest BCUT2D eigenvalue weighted by Gasteiger charge is -2.35. The van der Waals surface area contributed by atoms with E-state index in [1.165, 1.54) is 4.90 Å². The third kappa shape index (κ3) is 4.44. The van der Waals surface area contributed by atoms with Crippen molar-refractivity contribution in [1.82, 2.24) is 9.21 Å². The Morgan fingerprint density at radius 3 is 2.17 bits per heavy atom. The summed E-state index contributed by atoms with van der Waals surface area (Å²) < 4.78 is 72.3. The first-order valence-corrected chi connectivity index (χ1v) is 10.7. The van der Waals surface area contributed by atoms with E-state index in [0.29, 0.717) is 17.9 Å². The van der Waals surface area contributed by atoms with Crippen LogP contribution < -0.4 is 4.74 Å². The molecule has 162 valence electrons. The molecule has 1 saturated heterocycles. The van der Waals surface area contributed by atoms with Gasteiger partial charge in [-0.05, 0) is 38.1 Å². The Kier molecular flexibility index (Phi) is 6.37. The van der Waals surface area contributed by atoms with Crippen LogP contribution in [-0.2, 0) is 14.8 Å². The van der Waals surface area contributed by atoms with Crippen molar-refractivity contribution < 1.29 is 31.1 Å². The summed E-state index contributed by atoms with van der Waals surface area (Å²) in [6.45, 7) is 3.43. The second-order valence-corrected chi connectivity index (χ2v) is 8.88. The van der Waals surface area contributed by atoms with Gasteiger partial charge in [-0.1, -0.05) is 17.7 Å². The van der Waals surface area contributed by atoms with Crippen LogP contribution in [-0.4, -0.2) is 55.8 Å². The number of hydrogen-bond acceptors (Lipinski definition) is 4. The maximum absolute atomic E-state index is 14.0. The third-order valence-corrected chi connectivity index (χ3v) is 6.77. The lowest BCUT2D eigenvalue weighted by molar-refractivity contribution is -0.139. The van der Waals surface area contributed by atoms with Crippen LogP contribution in [0.15, 0.2) is 41.3 Å². The second-order valence-electron chi connectivity index (χ2n) is 6.98. The molecule has 1 fully saturated rings. The first kappa shape index (κ1) is 22.1. The van der Waals surface area contributed by atoms with Crippen LogP contribution in [0.2, 0.25) is 0 Å². The summed E-state index contributed by atoms with van der Waals surface area (Å²) in [6.07, 6.45) is -0.778. The first-order valence-electron chi connectivity index (χ1n) is 9.27. The number of hydrogen-bond donors (Lipinski definition) is 0. The average Bonchev–Trinajstić information content (AvgIpc) is 2.73. The van der Waals surface area contributed by atoms with E-state index in [9.17, 15) is 26.4 Å². The van der Waals surface area contributed by atoms with E-state index in [1.54, 1.807) is 19.1 Å². The molecule has 1 atom stereocenters. The smallest absolute Gasteiger partial charge is 0.263 e. The van der Waals surface area contributed by atoms with Gasteiger partial charge in [-0.3, -0.25) is 4.79 Å². The van der Waals surface area contributed by atoms with Crippen LogP contribution in [0, 0.1) is 24.4 Å².